The zero-order valence-electron chi connectivity index (χ0n) is 23.5. The molecule has 0 bridgehead atoms. The van der Waals surface area contributed by atoms with E-state index >= 15 is 4.39 Å². The lowest BCUT2D eigenvalue weighted by Crippen LogP contribution is -2.00. The molecule has 0 aliphatic rings. The van der Waals surface area contributed by atoms with Crippen molar-refractivity contribution in [3.63, 3.8) is 0 Å². The quantitative estimate of drug-likeness (QED) is 0.207. The second-order valence-electron chi connectivity index (χ2n) is 10.6. The van der Waals surface area contributed by atoms with Crippen LogP contribution >= 0.6 is 0 Å². The van der Waals surface area contributed by atoms with Crippen molar-refractivity contribution in [1.82, 2.24) is 15.0 Å². The van der Waals surface area contributed by atoms with Gasteiger partial charge in [0.2, 0.25) is 0 Å². The number of benzene rings is 6. The van der Waals surface area contributed by atoms with Gasteiger partial charge in [0.15, 0.2) is 17.5 Å². The molecule has 208 valence electrons. The Balaban J connectivity index is 1.26. The maximum atomic E-state index is 15.5. The van der Waals surface area contributed by atoms with Crippen LogP contribution in [0.15, 0.2) is 150 Å². The summed E-state index contributed by atoms with van der Waals surface area (Å²) in [7, 11) is 0. The molecule has 5 heteroatoms. The van der Waals surface area contributed by atoms with E-state index in [-0.39, 0.29) is 5.82 Å². The number of para-hydroxylation sites is 1. The van der Waals surface area contributed by atoms with Crippen LogP contribution in [0.1, 0.15) is 0 Å². The average molecular weight is 570 g/mol. The Labute approximate surface area is 253 Å². The highest BCUT2D eigenvalue weighted by molar-refractivity contribution is 6.12. The van der Waals surface area contributed by atoms with Crippen molar-refractivity contribution in [1.29, 1.82) is 0 Å². The van der Waals surface area contributed by atoms with E-state index < -0.39 is 0 Å². The SMILES string of the molecule is Fc1ccc(-c2nc(-c3ccccc3)nc(-c3ccccc3)n2)cc1-c1cccc(-c2cccc3oc4ccccc4c23)c1. The van der Waals surface area contributed by atoms with E-state index in [1.807, 2.05) is 121 Å². The molecule has 0 aliphatic carbocycles. The van der Waals surface area contributed by atoms with Crippen LogP contribution in [0.4, 0.5) is 4.39 Å². The maximum absolute atomic E-state index is 15.5. The fourth-order valence-corrected chi connectivity index (χ4v) is 5.69. The topological polar surface area (TPSA) is 51.8 Å². The number of fused-ring (bicyclic) bond motifs is 3. The van der Waals surface area contributed by atoms with Gasteiger partial charge in [0.25, 0.3) is 0 Å². The third-order valence-corrected chi connectivity index (χ3v) is 7.81. The molecule has 0 saturated carbocycles. The van der Waals surface area contributed by atoms with Gasteiger partial charge in [-0.1, -0.05) is 109 Å². The molecule has 44 heavy (non-hydrogen) atoms. The zero-order chi connectivity index (χ0) is 29.5. The van der Waals surface area contributed by atoms with Crippen LogP contribution in [0.25, 0.3) is 78.4 Å². The van der Waals surface area contributed by atoms with Crippen molar-refractivity contribution in [2.45, 2.75) is 0 Å². The summed E-state index contributed by atoms with van der Waals surface area (Å²) in [6.07, 6.45) is 0. The monoisotopic (exact) mass is 569 g/mol. The van der Waals surface area contributed by atoms with Gasteiger partial charge >= 0.3 is 0 Å². The number of nitrogens with zero attached hydrogens (tertiary/aromatic N) is 3. The lowest BCUT2D eigenvalue weighted by Gasteiger charge is -2.11. The molecular weight excluding hydrogens is 545 g/mol. The van der Waals surface area contributed by atoms with Crippen LogP contribution in [0.2, 0.25) is 0 Å². The van der Waals surface area contributed by atoms with Gasteiger partial charge in [0, 0.05) is 33.0 Å². The third-order valence-electron chi connectivity index (χ3n) is 7.81. The second kappa shape index (κ2) is 10.7. The molecule has 4 nitrogen and oxygen atoms in total. The highest BCUT2D eigenvalue weighted by atomic mass is 19.1. The number of halogens is 1. The summed E-state index contributed by atoms with van der Waals surface area (Å²) in [5.74, 6) is 1.27. The second-order valence-corrected chi connectivity index (χ2v) is 10.6. The van der Waals surface area contributed by atoms with Gasteiger partial charge in [-0.2, -0.15) is 0 Å². The minimum Gasteiger partial charge on any atom is -0.456 e. The molecule has 0 unspecified atom stereocenters. The molecule has 0 saturated heterocycles. The van der Waals surface area contributed by atoms with E-state index in [0.29, 0.717) is 28.6 Å². The van der Waals surface area contributed by atoms with E-state index in [0.717, 1.165) is 49.8 Å². The molecule has 0 fully saturated rings. The first-order valence-electron chi connectivity index (χ1n) is 14.4. The van der Waals surface area contributed by atoms with Crippen molar-refractivity contribution in [2.75, 3.05) is 0 Å². The first-order valence-corrected chi connectivity index (χ1v) is 14.4. The van der Waals surface area contributed by atoms with Crippen LogP contribution in [0.3, 0.4) is 0 Å². The predicted molar refractivity (Wildman–Crippen MR) is 174 cm³/mol. The van der Waals surface area contributed by atoms with Crippen molar-refractivity contribution < 1.29 is 8.81 Å². The van der Waals surface area contributed by atoms with Crippen LogP contribution in [-0.2, 0) is 0 Å². The van der Waals surface area contributed by atoms with Crippen LogP contribution in [-0.4, -0.2) is 15.0 Å². The van der Waals surface area contributed by atoms with Gasteiger partial charge in [-0.05, 0) is 53.1 Å². The Morgan fingerprint density at radius 2 is 0.955 bits per heavy atom. The number of aromatic nitrogens is 3. The summed E-state index contributed by atoms with van der Waals surface area (Å²) < 4.78 is 21.7. The lowest BCUT2D eigenvalue weighted by molar-refractivity contribution is 0.631. The molecule has 0 amide bonds. The molecule has 0 atom stereocenters. The van der Waals surface area contributed by atoms with Crippen LogP contribution < -0.4 is 0 Å². The first kappa shape index (κ1) is 25.7. The molecule has 8 aromatic rings. The average Bonchev–Trinajstić information content (AvgIpc) is 3.48. The van der Waals surface area contributed by atoms with E-state index in [1.54, 1.807) is 6.07 Å². The Kier molecular flexibility index (Phi) is 6.27. The number of hydrogen-bond acceptors (Lipinski definition) is 4. The molecule has 0 spiro atoms. The maximum Gasteiger partial charge on any atom is 0.164 e. The van der Waals surface area contributed by atoms with Gasteiger partial charge in [-0.25, -0.2) is 19.3 Å². The summed E-state index contributed by atoms with van der Waals surface area (Å²) in [5, 5.41) is 2.09. The van der Waals surface area contributed by atoms with E-state index in [1.165, 1.54) is 6.07 Å². The lowest BCUT2D eigenvalue weighted by atomic mass is 9.95. The summed E-state index contributed by atoms with van der Waals surface area (Å²) in [6, 6.07) is 46.7. The summed E-state index contributed by atoms with van der Waals surface area (Å²) in [5.41, 5.74) is 7.35. The Hall–Kier alpha value is -5.94. The predicted octanol–water partition coefficient (Wildman–Crippen LogP) is 10.2. The van der Waals surface area contributed by atoms with Gasteiger partial charge in [-0.15, -0.1) is 0 Å². The van der Waals surface area contributed by atoms with Crippen molar-refractivity contribution in [3.8, 4) is 56.4 Å². The first-order chi connectivity index (χ1) is 21.7. The molecule has 0 N–H and O–H groups in total. The normalized spacial score (nSPS) is 11.3. The van der Waals surface area contributed by atoms with Crippen LogP contribution in [0, 0.1) is 5.82 Å². The number of furan rings is 1. The fourth-order valence-electron chi connectivity index (χ4n) is 5.69. The summed E-state index contributed by atoms with van der Waals surface area (Å²) >= 11 is 0. The van der Waals surface area contributed by atoms with Crippen molar-refractivity contribution in [2.24, 2.45) is 0 Å². The Morgan fingerprint density at radius 3 is 1.66 bits per heavy atom. The fraction of sp³-hybridized carbons (Fsp3) is 0. The van der Waals surface area contributed by atoms with Gasteiger partial charge < -0.3 is 4.42 Å². The Morgan fingerprint density at radius 1 is 0.409 bits per heavy atom. The minimum absolute atomic E-state index is 0.321. The zero-order valence-corrected chi connectivity index (χ0v) is 23.5. The van der Waals surface area contributed by atoms with E-state index in [9.17, 15) is 0 Å². The molecule has 8 rings (SSSR count). The molecule has 2 aromatic heterocycles. The number of rotatable bonds is 5. The van der Waals surface area contributed by atoms with E-state index in [2.05, 4.69) is 12.1 Å². The van der Waals surface area contributed by atoms with Crippen LogP contribution in [0.5, 0.6) is 0 Å². The largest absolute Gasteiger partial charge is 0.456 e. The molecule has 6 aromatic carbocycles. The highest BCUT2D eigenvalue weighted by Gasteiger charge is 2.16. The van der Waals surface area contributed by atoms with Gasteiger partial charge in [-0.3, -0.25) is 0 Å². The molecule has 2 heterocycles. The smallest absolute Gasteiger partial charge is 0.164 e. The van der Waals surface area contributed by atoms with Crippen molar-refractivity contribution >= 4 is 21.9 Å². The standard InChI is InChI=1S/C39H24FN3O/c40-33-22-21-29(39-42-37(25-11-3-1-4-12-25)41-38(43-39)26-13-5-2-6-14-26)24-32(33)28-16-9-15-27(23-28)30-18-10-20-35-36(30)31-17-7-8-19-34(31)44-35/h1-24H. The highest BCUT2D eigenvalue weighted by Crippen LogP contribution is 2.38. The summed E-state index contributed by atoms with van der Waals surface area (Å²) in [4.78, 5) is 14.4. The molecule has 0 radical (unpaired) electrons. The third kappa shape index (κ3) is 4.61. The molecular formula is C39H24FN3O. The minimum atomic E-state index is -0.321. The van der Waals surface area contributed by atoms with Gasteiger partial charge in [0.1, 0.15) is 17.0 Å². The summed E-state index contributed by atoms with van der Waals surface area (Å²) in [6.45, 7) is 0. The Bertz CT molecular complexity index is 2240. The number of hydrogen-bond donors (Lipinski definition) is 0. The van der Waals surface area contributed by atoms with Crippen molar-refractivity contribution in [3.05, 3.63) is 151 Å². The van der Waals surface area contributed by atoms with E-state index in [4.69, 9.17) is 19.4 Å². The molecule has 0 aliphatic heterocycles. The van der Waals surface area contributed by atoms with Gasteiger partial charge in [0.05, 0.1) is 0 Å².